The second-order valence-corrected chi connectivity index (χ2v) is 6.80. The van der Waals surface area contributed by atoms with E-state index in [1.54, 1.807) is 6.92 Å². The molecule has 1 amide bonds. The zero-order valence-electron chi connectivity index (χ0n) is 12.3. The van der Waals surface area contributed by atoms with Crippen LogP contribution in [0, 0.1) is 29.6 Å². The Hall–Kier alpha value is -1.06. The van der Waals surface area contributed by atoms with E-state index >= 15 is 0 Å². The summed E-state index contributed by atoms with van der Waals surface area (Å²) in [6.45, 7) is 2.62. The number of carbonyl (C=O) groups excluding carboxylic acids is 2. The predicted molar refractivity (Wildman–Crippen MR) is 74.8 cm³/mol. The SMILES string of the molecule is CCOC(=O)CCNC(=O)C1C2CC3CC(C2)CC1C3. The van der Waals surface area contributed by atoms with Crippen molar-refractivity contribution in [3.05, 3.63) is 0 Å². The number of rotatable bonds is 5. The van der Waals surface area contributed by atoms with E-state index in [2.05, 4.69) is 5.32 Å². The Balaban J connectivity index is 1.49. The quantitative estimate of drug-likeness (QED) is 0.784. The van der Waals surface area contributed by atoms with Crippen LogP contribution in [0.5, 0.6) is 0 Å². The third kappa shape index (κ3) is 2.70. The first-order valence-corrected chi connectivity index (χ1v) is 8.10. The van der Waals surface area contributed by atoms with Crippen LogP contribution in [0.3, 0.4) is 0 Å². The van der Waals surface area contributed by atoms with Crippen LogP contribution in [0.1, 0.15) is 45.4 Å². The monoisotopic (exact) mass is 279 g/mol. The average Bonchev–Trinajstić information content (AvgIpc) is 2.37. The predicted octanol–water partition coefficient (Wildman–Crippen LogP) is 2.13. The van der Waals surface area contributed by atoms with Crippen molar-refractivity contribution in [2.45, 2.75) is 45.4 Å². The van der Waals surface area contributed by atoms with Gasteiger partial charge in [0.05, 0.1) is 13.0 Å². The fourth-order valence-corrected chi connectivity index (χ4v) is 4.99. The molecule has 112 valence electrons. The lowest BCUT2D eigenvalue weighted by molar-refractivity contribution is -0.143. The topological polar surface area (TPSA) is 55.4 Å². The smallest absolute Gasteiger partial charge is 0.307 e. The largest absolute Gasteiger partial charge is 0.466 e. The van der Waals surface area contributed by atoms with Crippen molar-refractivity contribution in [3.63, 3.8) is 0 Å². The average molecular weight is 279 g/mol. The van der Waals surface area contributed by atoms with E-state index in [1.165, 1.54) is 32.1 Å². The van der Waals surface area contributed by atoms with Crippen LogP contribution in [0.2, 0.25) is 0 Å². The van der Waals surface area contributed by atoms with Gasteiger partial charge in [0.2, 0.25) is 5.91 Å². The van der Waals surface area contributed by atoms with E-state index in [4.69, 9.17) is 4.74 Å². The van der Waals surface area contributed by atoms with Gasteiger partial charge in [0.15, 0.2) is 0 Å². The molecule has 0 radical (unpaired) electrons. The highest BCUT2D eigenvalue weighted by Gasteiger charge is 2.50. The van der Waals surface area contributed by atoms with Gasteiger partial charge in [-0.25, -0.2) is 0 Å². The Morgan fingerprint density at radius 3 is 2.20 bits per heavy atom. The molecule has 0 unspecified atom stereocenters. The van der Waals surface area contributed by atoms with Crippen LogP contribution in [-0.4, -0.2) is 25.0 Å². The highest BCUT2D eigenvalue weighted by molar-refractivity contribution is 5.80. The second-order valence-electron chi connectivity index (χ2n) is 6.80. The first-order chi connectivity index (χ1) is 9.67. The summed E-state index contributed by atoms with van der Waals surface area (Å²) in [6, 6.07) is 0. The summed E-state index contributed by atoms with van der Waals surface area (Å²) in [7, 11) is 0. The molecule has 4 heteroatoms. The lowest BCUT2D eigenvalue weighted by Crippen LogP contribution is -2.51. The molecule has 0 aromatic rings. The Morgan fingerprint density at radius 2 is 1.65 bits per heavy atom. The molecule has 4 nitrogen and oxygen atoms in total. The molecule has 4 aliphatic carbocycles. The fraction of sp³-hybridized carbons (Fsp3) is 0.875. The number of carbonyl (C=O) groups is 2. The maximum atomic E-state index is 12.4. The molecule has 4 fully saturated rings. The third-order valence-corrected chi connectivity index (χ3v) is 5.46. The van der Waals surface area contributed by atoms with E-state index in [0.717, 1.165) is 11.8 Å². The van der Waals surface area contributed by atoms with Crippen LogP contribution in [0.4, 0.5) is 0 Å². The lowest BCUT2D eigenvalue weighted by Gasteiger charge is -2.53. The van der Waals surface area contributed by atoms with Crippen molar-refractivity contribution in [2.24, 2.45) is 29.6 Å². The van der Waals surface area contributed by atoms with Crippen molar-refractivity contribution in [3.8, 4) is 0 Å². The summed E-state index contributed by atoms with van der Waals surface area (Å²) in [6.07, 6.45) is 6.70. The van der Waals surface area contributed by atoms with Crippen molar-refractivity contribution in [1.29, 1.82) is 0 Å². The van der Waals surface area contributed by atoms with E-state index < -0.39 is 0 Å². The minimum Gasteiger partial charge on any atom is -0.466 e. The van der Waals surface area contributed by atoms with Crippen LogP contribution in [0.25, 0.3) is 0 Å². The van der Waals surface area contributed by atoms with Crippen LogP contribution in [0.15, 0.2) is 0 Å². The molecule has 0 aromatic carbocycles. The Morgan fingerprint density at radius 1 is 1.05 bits per heavy atom. The van der Waals surface area contributed by atoms with Crippen LogP contribution in [-0.2, 0) is 14.3 Å². The summed E-state index contributed by atoms with van der Waals surface area (Å²) < 4.78 is 4.87. The molecule has 1 N–H and O–H groups in total. The van der Waals surface area contributed by atoms with Gasteiger partial charge in [-0.3, -0.25) is 9.59 Å². The van der Waals surface area contributed by atoms with Gasteiger partial charge in [0.25, 0.3) is 0 Å². The summed E-state index contributed by atoms with van der Waals surface area (Å²) in [5.74, 6) is 3.16. The lowest BCUT2D eigenvalue weighted by atomic mass is 9.51. The van der Waals surface area contributed by atoms with E-state index in [9.17, 15) is 9.59 Å². The van der Waals surface area contributed by atoms with E-state index in [0.29, 0.717) is 25.0 Å². The summed E-state index contributed by atoms with van der Waals surface area (Å²) in [5, 5.41) is 2.96. The minimum atomic E-state index is -0.224. The molecule has 4 saturated carbocycles. The molecule has 4 bridgehead atoms. The molecule has 0 heterocycles. The van der Waals surface area contributed by atoms with Gasteiger partial charge in [0, 0.05) is 12.5 Å². The molecule has 4 rings (SSSR count). The standard InChI is InChI=1S/C16H25NO3/c1-2-20-14(18)3-4-17-16(19)15-12-6-10-5-11(8-12)9-13(15)7-10/h10-13,15H,2-9H2,1H3,(H,17,19). The maximum absolute atomic E-state index is 12.4. The normalized spacial score (nSPS) is 37.8. The van der Waals surface area contributed by atoms with E-state index in [1.807, 2.05) is 0 Å². The third-order valence-electron chi connectivity index (χ3n) is 5.46. The number of ether oxygens (including phenoxy) is 1. The van der Waals surface area contributed by atoms with Crippen molar-refractivity contribution >= 4 is 11.9 Å². The molecule has 0 atom stereocenters. The second kappa shape index (κ2) is 5.74. The number of hydrogen-bond acceptors (Lipinski definition) is 3. The molecule has 4 aliphatic rings. The van der Waals surface area contributed by atoms with Gasteiger partial charge < -0.3 is 10.1 Å². The van der Waals surface area contributed by atoms with Gasteiger partial charge in [-0.2, -0.15) is 0 Å². The highest BCUT2D eigenvalue weighted by Crippen LogP contribution is 2.56. The molecule has 0 spiro atoms. The highest BCUT2D eigenvalue weighted by atomic mass is 16.5. The zero-order valence-corrected chi connectivity index (χ0v) is 12.3. The summed E-state index contributed by atoms with van der Waals surface area (Å²) in [5.41, 5.74) is 0. The van der Waals surface area contributed by atoms with Gasteiger partial charge in [-0.1, -0.05) is 0 Å². The molecule has 0 aromatic heterocycles. The Bertz CT molecular complexity index is 365. The molecule has 0 saturated heterocycles. The molecular formula is C16H25NO3. The van der Waals surface area contributed by atoms with Gasteiger partial charge in [-0.05, 0) is 62.7 Å². The Kier molecular flexibility index (Phi) is 3.99. The number of esters is 1. The maximum Gasteiger partial charge on any atom is 0.307 e. The van der Waals surface area contributed by atoms with Crippen molar-refractivity contribution in [1.82, 2.24) is 5.32 Å². The van der Waals surface area contributed by atoms with Gasteiger partial charge in [-0.15, -0.1) is 0 Å². The number of amides is 1. The van der Waals surface area contributed by atoms with Gasteiger partial charge in [0.1, 0.15) is 0 Å². The van der Waals surface area contributed by atoms with E-state index in [-0.39, 0.29) is 24.2 Å². The summed E-state index contributed by atoms with van der Waals surface area (Å²) in [4.78, 5) is 23.7. The van der Waals surface area contributed by atoms with Crippen molar-refractivity contribution in [2.75, 3.05) is 13.2 Å². The fourth-order valence-electron chi connectivity index (χ4n) is 4.99. The van der Waals surface area contributed by atoms with Crippen LogP contribution >= 0.6 is 0 Å². The summed E-state index contributed by atoms with van der Waals surface area (Å²) >= 11 is 0. The first-order valence-electron chi connectivity index (χ1n) is 8.10. The number of hydrogen-bond donors (Lipinski definition) is 1. The molecule has 0 aliphatic heterocycles. The first kappa shape index (κ1) is 13.9. The molecular weight excluding hydrogens is 254 g/mol. The van der Waals surface area contributed by atoms with Gasteiger partial charge >= 0.3 is 5.97 Å². The van der Waals surface area contributed by atoms with Crippen molar-refractivity contribution < 1.29 is 14.3 Å². The van der Waals surface area contributed by atoms with Crippen LogP contribution < -0.4 is 5.32 Å². The minimum absolute atomic E-state index is 0.183. The molecule has 20 heavy (non-hydrogen) atoms. The Labute approximate surface area is 120 Å². The number of nitrogens with one attached hydrogen (secondary N) is 1. The zero-order chi connectivity index (χ0) is 14.1.